The summed E-state index contributed by atoms with van der Waals surface area (Å²) in [6.07, 6.45) is 3.70. The van der Waals surface area contributed by atoms with Crippen molar-refractivity contribution in [1.82, 2.24) is 34.8 Å². The van der Waals surface area contributed by atoms with E-state index < -0.39 is 11.5 Å². The van der Waals surface area contributed by atoms with Crippen LogP contribution in [0.5, 0.6) is 0 Å². The summed E-state index contributed by atoms with van der Waals surface area (Å²) < 4.78 is 7.07. The summed E-state index contributed by atoms with van der Waals surface area (Å²) in [5, 5.41) is 22.1. The molecule has 4 N–H and O–H groups in total. The molecule has 0 saturated carbocycles. The second kappa shape index (κ2) is 8.56. The minimum absolute atomic E-state index is 0.108. The SMILES string of the molecule is CN1CC[C@@](O)(c2cc(-c3cccc(-c4ccnc(NCCn5ccc(N)n5)n4)n3)no2)C1=O. The van der Waals surface area contributed by atoms with E-state index in [2.05, 4.69) is 30.5 Å². The predicted octanol–water partition coefficient (Wildman–Crippen LogP) is 1.13. The number of carbonyl (C=O) groups excluding carboxylic acids is 1. The van der Waals surface area contributed by atoms with Gasteiger partial charge in [-0.3, -0.25) is 9.48 Å². The Morgan fingerprint density at radius 2 is 1.97 bits per heavy atom. The third kappa shape index (κ3) is 4.06. The summed E-state index contributed by atoms with van der Waals surface area (Å²) in [4.78, 5) is 27.2. The van der Waals surface area contributed by atoms with Gasteiger partial charge in [0.2, 0.25) is 11.5 Å². The third-order valence-electron chi connectivity index (χ3n) is 5.64. The van der Waals surface area contributed by atoms with Crippen LogP contribution in [0.2, 0.25) is 0 Å². The molecular weight excluding hydrogens is 438 g/mol. The molecule has 0 radical (unpaired) electrons. The number of nitrogens with two attached hydrogens (primary N) is 1. The first-order valence-electron chi connectivity index (χ1n) is 10.7. The molecule has 34 heavy (non-hydrogen) atoms. The number of nitrogens with zero attached hydrogens (tertiary/aromatic N) is 7. The Labute approximate surface area is 194 Å². The molecular formula is C22H23N9O3. The van der Waals surface area contributed by atoms with Crippen LogP contribution in [0, 0.1) is 0 Å². The van der Waals surface area contributed by atoms with Gasteiger partial charge in [-0.2, -0.15) is 5.10 Å². The minimum Gasteiger partial charge on any atom is -0.382 e. The molecule has 1 fully saturated rings. The second-order valence-corrected chi connectivity index (χ2v) is 8.02. The van der Waals surface area contributed by atoms with Crippen LogP contribution in [-0.4, -0.2) is 65.9 Å². The molecule has 1 aliphatic heterocycles. The standard InChI is InChI=1S/C22H23N9O3/c1-30-11-7-22(33,20(30)32)18-13-17(29-34-18)15-4-2-3-14(26-15)16-5-8-24-21(27-16)25-9-12-31-10-6-19(23)28-31/h2-6,8,10,13,33H,7,9,11-12H2,1H3,(H2,23,28)(H,24,25,27)/t22-/m1/s1. The van der Waals surface area contributed by atoms with E-state index in [4.69, 9.17) is 10.3 Å². The number of carbonyl (C=O) groups is 1. The number of nitrogens with one attached hydrogen (secondary N) is 1. The monoisotopic (exact) mass is 461 g/mol. The first kappa shape index (κ1) is 21.5. The summed E-state index contributed by atoms with van der Waals surface area (Å²) in [5.41, 5.74) is 6.10. The largest absolute Gasteiger partial charge is 0.382 e. The zero-order valence-electron chi connectivity index (χ0n) is 18.4. The van der Waals surface area contributed by atoms with Gasteiger partial charge in [0.25, 0.3) is 5.91 Å². The maximum Gasteiger partial charge on any atom is 0.262 e. The topological polar surface area (TPSA) is 161 Å². The molecule has 5 rings (SSSR count). The van der Waals surface area contributed by atoms with Crippen molar-refractivity contribution in [2.75, 3.05) is 31.2 Å². The summed E-state index contributed by atoms with van der Waals surface area (Å²) in [5.74, 6) is 0.630. The molecule has 1 saturated heterocycles. The summed E-state index contributed by atoms with van der Waals surface area (Å²) in [6, 6.07) is 10.5. The highest BCUT2D eigenvalue weighted by molar-refractivity contribution is 5.87. The van der Waals surface area contributed by atoms with Crippen molar-refractivity contribution in [1.29, 1.82) is 0 Å². The fourth-order valence-corrected chi connectivity index (χ4v) is 3.76. The van der Waals surface area contributed by atoms with E-state index in [9.17, 15) is 9.90 Å². The van der Waals surface area contributed by atoms with Crippen molar-refractivity contribution in [2.45, 2.75) is 18.6 Å². The number of likely N-dealkylation sites (tertiary alicyclic amines) is 1. The van der Waals surface area contributed by atoms with Crippen molar-refractivity contribution in [3.05, 3.63) is 54.6 Å². The summed E-state index contributed by atoms with van der Waals surface area (Å²) in [6.45, 7) is 1.62. The zero-order chi connectivity index (χ0) is 23.7. The lowest BCUT2D eigenvalue weighted by Gasteiger charge is -2.16. The number of pyridine rings is 1. The molecule has 1 aliphatic rings. The van der Waals surface area contributed by atoms with Gasteiger partial charge in [-0.25, -0.2) is 15.0 Å². The van der Waals surface area contributed by atoms with Crippen molar-refractivity contribution < 1.29 is 14.4 Å². The molecule has 12 nitrogen and oxygen atoms in total. The van der Waals surface area contributed by atoms with Crippen LogP contribution in [0.4, 0.5) is 11.8 Å². The number of hydrogen-bond donors (Lipinski definition) is 3. The van der Waals surface area contributed by atoms with Gasteiger partial charge < -0.3 is 25.6 Å². The molecule has 1 atom stereocenters. The van der Waals surface area contributed by atoms with Crippen LogP contribution < -0.4 is 11.1 Å². The van der Waals surface area contributed by atoms with E-state index in [0.29, 0.717) is 54.2 Å². The number of nitrogen functional groups attached to an aromatic ring is 1. The molecule has 12 heteroatoms. The van der Waals surface area contributed by atoms with E-state index in [1.807, 2.05) is 12.1 Å². The molecule has 0 unspecified atom stereocenters. The Hall–Kier alpha value is -4.32. The van der Waals surface area contributed by atoms with Crippen LogP contribution in [-0.2, 0) is 16.9 Å². The van der Waals surface area contributed by atoms with Gasteiger partial charge in [0, 0.05) is 45.0 Å². The Bertz CT molecular complexity index is 1330. The first-order valence-corrected chi connectivity index (χ1v) is 10.7. The zero-order valence-corrected chi connectivity index (χ0v) is 18.4. The number of anilines is 2. The molecule has 1 amide bonds. The third-order valence-corrected chi connectivity index (χ3v) is 5.64. The highest BCUT2D eigenvalue weighted by Crippen LogP contribution is 2.34. The van der Waals surface area contributed by atoms with E-state index >= 15 is 0 Å². The predicted molar refractivity (Wildman–Crippen MR) is 122 cm³/mol. The Balaban J connectivity index is 1.32. The van der Waals surface area contributed by atoms with Gasteiger partial charge in [-0.1, -0.05) is 11.2 Å². The van der Waals surface area contributed by atoms with Crippen molar-refractivity contribution >= 4 is 17.7 Å². The normalized spacial score (nSPS) is 17.9. The minimum atomic E-state index is -1.70. The molecule has 4 aromatic heterocycles. The van der Waals surface area contributed by atoms with Gasteiger partial charge in [-0.05, 0) is 24.3 Å². The van der Waals surface area contributed by atoms with Crippen molar-refractivity contribution in [3.63, 3.8) is 0 Å². The molecule has 5 heterocycles. The van der Waals surface area contributed by atoms with Gasteiger partial charge in [0.1, 0.15) is 11.5 Å². The number of aromatic nitrogens is 6. The van der Waals surface area contributed by atoms with Gasteiger partial charge in [0.15, 0.2) is 5.76 Å². The Morgan fingerprint density at radius 3 is 2.71 bits per heavy atom. The van der Waals surface area contributed by atoms with Crippen molar-refractivity contribution in [2.24, 2.45) is 0 Å². The molecule has 0 aromatic carbocycles. The smallest absolute Gasteiger partial charge is 0.262 e. The summed E-state index contributed by atoms with van der Waals surface area (Å²) >= 11 is 0. The summed E-state index contributed by atoms with van der Waals surface area (Å²) in [7, 11) is 1.64. The van der Waals surface area contributed by atoms with Crippen LogP contribution in [0.1, 0.15) is 12.2 Å². The highest BCUT2D eigenvalue weighted by atomic mass is 16.5. The molecule has 0 bridgehead atoms. The Kier molecular flexibility index (Phi) is 5.42. The lowest BCUT2D eigenvalue weighted by Crippen LogP contribution is -2.35. The fourth-order valence-electron chi connectivity index (χ4n) is 3.76. The average Bonchev–Trinajstić information content (AvgIpc) is 3.57. The fraction of sp³-hybridized carbons (Fsp3) is 0.273. The lowest BCUT2D eigenvalue weighted by atomic mass is 9.98. The average molecular weight is 461 g/mol. The number of likely N-dealkylation sites (N-methyl/N-ethyl adjacent to an activating group) is 1. The van der Waals surface area contributed by atoms with E-state index in [1.54, 1.807) is 48.4 Å². The number of rotatable bonds is 7. The van der Waals surface area contributed by atoms with Crippen LogP contribution in [0.25, 0.3) is 22.8 Å². The molecule has 0 spiro atoms. The van der Waals surface area contributed by atoms with Crippen LogP contribution >= 0.6 is 0 Å². The number of aliphatic hydroxyl groups is 1. The second-order valence-electron chi connectivity index (χ2n) is 8.02. The van der Waals surface area contributed by atoms with E-state index in [0.717, 1.165) is 0 Å². The number of amides is 1. The van der Waals surface area contributed by atoms with Crippen molar-refractivity contribution in [3.8, 4) is 22.8 Å². The van der Waals surface area contributed by atoms with Gasteiger partial charge >= 0.3 is 0 Å². The molecule has 4 aromatic rings. The lowest BCUT2D eigenvalue weighted by molar-refractivity contribution is -0.144. The number of hydrogen-bond acceptors (Lipinski definition) is 10. The van der Waals surface area contributed by atoms with Crippen LogP contribution in [0.3, 0.4) is 0 Å². The van der Waals surface area contributed by atoms with Crippen LogP contribution in [0.15, 0.2) is 53.3 Å². The highest BCUT2D eigenvalue weighted by Gasteiger charge is 2.48. The first-order chi connectivity index (χ1) is 16.4. The molecule has 174 valence electrons. The quantitative estimate of drug-likeness (QED) is 0.364. The van der Waals surface area contributed by atoms with Gasteiger partial charge in [-0.15, -0.1) is 0 Å². The van der Waals surface area contributed by atoms with E-state index in [1.165, 1.54) is 4.90 Å². The maximum atomic E-state index is 12.3. The Morgan fingerprint density at radius 1 is 1.18 bits per heavy atom. The molecule has 0 aliphatic carbocycles. The maximum absolute atomic E-state index is 12.3. The van der Waals surface area contributed by atoms with E-state index in [-0.39, 0.29) is 12.2 Å². The van der Waals surface area contributed by atoms with Gasteiger partial charge in [0.05, 0.1) is 23.6 Å².